The summed E-state index contributed by atoms with van der Waals surface area (Å²) in [5.41, 5.74) is 0.328. The molecule has 0 aliphatic rings. The van der Waals surface area contributed by atoms with Crippen LogP contribution in [-0.2, 0) is 9.59 Å². The summed E-state index contributed by atoms with van der Waals surface area (Å²) in [5, 5.41) is 8.89. The van der Waals surface area contributed by atoms with Crippen molar-refractivity contribution in [2.24, 2.45) is 0 Å². The fourth-order valence-electron chi connectivity index (χ4n) is 1.65. The average Bonchev–Trinajstić information content (AvgIpc) is 2.31. The number of rotatable bonds is 4. The van der Waals surface area contributed by atoms with Crippen LogP contribution in [0.1, 0.15) is 26.3 Å². The highest BCUT2D eigenvalue weighted by molar-refractivity contribution is 9.10. The SMILES string of the molecule is CC(C)(C)N(CC(=O)O)C(=O)C=Cc1cccc(Br)c1. The minimum absolute atomic E-state index is 0.314. The normalized spacial score (nSPS) is 11.6. The molecule has 0 radical (unpaired) electrons. The number of carbonyl (C=O) groups is 2. The van der Waals surface area contributed by atoms with Gasteiger partial charge in [0.2, 0.25) is 5.91 Å². The number of nitrogens with zero attached hydrogens (tertiary/aromatic N) is 1. The van der Waals surface area contributed by atoms with E-state index in [1.807, 2.05) is 24.3 Å². The molecule has 1 amide bonds. The van der Waals surface area contributed by atoms with E-state index in [0.717, 1.165) is 10.0 Å². The van der Waals surface area contributed by atoms with E-state index in [1.165, 1.54) is 11.0 Å². The summed E-state index contributed by atoms with van der Waals surface area (Å²) in [6, 6.07) is 7.51. The van der Waals surface area contributed by atoms with Crippen molar-refractivity contribution in [2.45, 2.75) is 26.3 Å². The van der Waals surface area contributed by atoms with Gasteiger partial charge in [-0.1, -0.05) is 28.1 Å². The van der Waals surface area contributed by atoms with E-state index in [9.17, 15) is 9.59 Å². The average molecular weight is 340 g/mol. The van der Waals surface area contributed by atoms with Gasteiger partial charge in [0.25, 0.3) is 0 Å². The van der Waals surface area contributed by atoms with Crippen molar-refractivity contribution in [2.75, 3.05) is 6.54 Å². The van der Waals surface area contributed by atoms with Crippen LogP contribution in [0.25, 0.3) is 6.08 Å². The predicted octanol–water partition coefficient (Wildman–Crippen LogP) is 3.17. The Morgan fingerprint density at radius 1 is 1.35 bits per heavy atom. The van der Waals surface area contributed by atoms with E-state index < -0.39 is 11.5 Å². The van der Waals surface area contributed by atoms with Gasteiger partial charge in [-0.2, -0.15) is 0 Å². The minimum Gasteiger partial charge on any atom is -0.480 e. The number of carbonyl (C=O) groups excluding carboxylic acids is 1. The van der Waals surface area contributed by atoms with E-state index in [-0.39, 0.29) is 12.5 Å². The highest BCUT2D eigenvalue weighted by Gasteiger charge is 2.26. The van der Waals surface area contributed by atoms with E-state index >= 15 is 0 Å². The molecule has 1 rings (SSSR count). The summed E-state index contributed by atoms with van der Waals surface area (Å²) in [4.78, 5) is 24.3. The zero-order valence-corrected chi connectivity index (χ0v) is 13.3. The summed E-state index contributed by atoms with van der Waals surface area (Å²) in [5.74, 6) is -1.34. The molecular formula is C15H18BrNO3. The molecule has 0 bridgehead atoms. The Bertz CT molecular complexity index is 532. The third kappa shape index (κ3) is 5.17. The van der Waals surface area contributed by atoms with Crippen molar-refractivity contribution in [3.05, 3.63) is 40.4 Å². The van der Waals surface area contributed by atoms with Gasteiger partial charge < -0.3 is 10.0 Å². The molecular weight excluding hydrogens is 322 g/mol. The molecule has 0 atom stereocenters. The monoisotopic (exact) mass is 339 g/mol. The van der Waals surface area contributed by atoms with Gasteiger partial charge in [0.15, 0.2) is 0 Å². The molecule has 0 unspecified atom stereocenters. The first-order chi connectivity index (χ1) is 9.20. The van der Waals surface area contributed by atoms with Gasteiger partial charge in [-0.25, -0.2) is 0 Å². The molecule has 1 N–H and O–H groups in total. The third-order valence-corrected chi connectivity index (χ3v) is 3.13. The summed E-state index contributed by atoms with van der Waals surface area (Å²) in [6.45, 7) is 5.10. The lowest BCUT2D eigenvalue weighted by molar-refractivity contribution is -0.145. The maximum absolute atomic E-state index is 12.1. The fourth-order valence-corrected chi connectivity index (χ4v) is 2.07. The molecule has 0 aromatic heterocycles. The first-order valence-corrected chi connectivity index (χ1v) is 6.96. The number of halogens is 1. The third-order valence-electron chi connectivity index (χ3n) is 2.64. The second kappa shape index (κ2) is 6.70. The molecule has 0 heterocycles. The zero-order valence-electron chi connectivity index (χ0n) is 11.8. The summed E-state index contributed by atoms with van der Waals surface area (Å²) >= 11 is 3.36. The molecule has 0 aliphatic carbocycles. The number of amides is 1. The number of carboxylic acid groups (broad SMARTS) is 1. The molecule has 0 fully saturated rings. The Hall–Kier alpha value is -1.62. The summed E-state index contributed by atoms with van der Waals surface area (Å²) in [6.07, 6.45) is 3.07. The van der Waals surface area contributed by atoms with Gasteiger partial charge in [0.1, 0.15) is 6.54 Å². The Morgan fingerprint density at radius 2 is 2.00 bits per heavy atom. The van der Waals surface area contributed by atoms with Crippen LogP contribution >= 0.6 is 15.9 Å². The number of carboxylic acids is 1. The topological polar surface area (TPSA) is 57.6 Å². The Morgan fingerprint density at radius 3 is 2.50 bits per heavy atom. The van der Waals surface area contributed by atoms with Crippen molar-refractivity contribution >= 4 is 33.9 Å². The van der Waals surface area contributed by atoms with E-state index in [0.29, 0.717) is 0 Å². The Kier molecular flexibility index (Phi) is 5.51. The lowest BCUT2D eigenvalue weighted by Crippen LogP contribution is -2.47. The molecule has 5 heteroatoms. The minimum atomic E-state index is -1.02. The van der Waals surface area contributed by atoms with Crippen LogP contribution in [0.4, 0.5) is 0 Å². The van der Waals surface area contributed by atoms with Crippen LogP contribution in [-0.4, -0.2) is 34.0 Å². The number of aliphatic carboxylic acids is 1. The molecule has 108 valence electrons. The molecule has 0 saturated carbocycles. The van der Waals surface area contributed by atoms with Crippen molar-refractivity contribution in [1.82, 2.24) is 4.90 Å². The number of hydrogen-bond donors (Lipinski definition) is 1. The summed E-state index contributed by atoms with van der Waals surface area (Å²) < 4.78 is 0.922. The molecule has 0 spiro atoms. The molecule has 0 aliphatic heterocycles. The smallest absolute Gasteiger partial charge is 0.323 e. The van der Waals surface area contributed by atoms with Crippen LogP contribution in [0.3, 0.4) is 0 Å². The largest absolute Gasteiger partial charge is 0.480 e. The van der Waals surface area contributed by atoms with Crippen molar-refractivity contribution in [1.29, 1.82) is 0 Å². The van der Waals surface area contributed by atoms with Crippen LogP contribution < -0.4 is 0 Å². The quantitative estimate of drug-likeness (QED) is 0.857. The standard InChI is InChI=1S/C15H18BrNO3/c1-15(2,3)17(10-14(19)20)13(18)8-7-11-5-4-6-12(16)9-11/h4-9H,10H2,1-3H3,(H,19,20). The first-order valence-electron chi connectivity index (χ1n) is 6.17. The summed E-state index contributed by atoms with van der Waals surface area (Å²) in [7, 11) is 0. The molecule has 0 saturated heterocycles. The van der Waals surface area contributed by atoms with Crippen LogP contribution in [0, 0.1) is 0 Å². The Balaban J connectivity index is 2.88. The van der Waals surface area contributed by atoms with Gasteiger partial charge in [-0.05, 0) is 44.5 Å². The second-order valence-electron chi connectivity index (χ2n) is 5.38. The Labute approximate surface area is 127 Å². The number of benzene rings is 1. The van der Waals surface area contributed by atoms with E-state index in [2.05, 4.69) is 15.9 Å². The maximum Gasteiger partial charge on any atom is 0.323 e. The highest BCUT2D eigenvalue weighted by atomic mass is 79.9. The second-order valence-corrected chi connectivity index (χ2v) is 6.29. The van der Waals surface area contributed by atoms with Crippen LogP contribution in [0.2, 0.25) is 0 Å². The van der Waals surface area contributed by atoms with E-state index in [4.69, 9.17) is 5.11 Å². The predicted molar refractivity (Wildman–Crippen MR) is 82.3 cm³/mol. The maximum atomic E-state index is 12.1. The van der Waals surface area contributed by atoms with Gasteiger partial charge in [0, 0.05) is 16.1 Å². The molecule has 1 aromatic rings. The molecule has 1 aromatic carbocycles. The van der Waals surface area contributed by atoms with Gasteiger partial charge >= 0.3 is 5.97 Å². The van der Waals surface area contributed by atoms with Crippen molar-refractivity contribution in [3.63, 3.8) is 0 Å². The van der Waals surface area contributed by atoms with Crippen molar-refractivity contribution in [3.8, 4) is 0 Å². The van der Waals surface area contributed by atoms with E-state index in [1.54, 1.807) is 26.8 Å². The number of hydrogen-bond acceptors (Lipinski definition) is 2. The lowest BCUT2D eigenvalue weighted by atomic mass is 10.1. The highest BCUT2D eigenvalue weighted by Crippen LogP contribution is 2.16. The fraction of sp³-hybridized carbons (Fsp3) is 0.333. The zero-order chi connectivity index (χ0) is 15.3. The van der Waals surface area contributed by atoms with Crippen LogP contribution in [0.5, 0.6) is 0 Å². The molecule has 20 heavy (non-hydrogen) atoms. The lowest BCUT2D eigenvalue weighted by Gasteiger charge is -2.33. The van der Waals surface area contributed by atoms with Gasteiger partial charge in [-0.3, -0.25) is 9.59 Å². The van der Waals surface area contributed by atoms with Crippen LogP contribution in [0.15, 0.2) is 34.8 Å². The van der Waals surface area contributed by atoms with Gasteiger partial charge in [-0.15, -0.1) is 0 Å². The first kappa shape index (κ1) is 16.4. The molecule has 4 nitrogen and oxygen atoms in total. The van der Waals surface area contributed by atoms with Crippen molar-refractivity contribution < 1.29 is 14.7 Å². The van der Waals surface area contributed by atoms with Gasteiger partial charge in [0.05, 0.1) is 0 Å².